The minimum atomic E-state index is -0.911. The number of hydrogen-bond acceptors (Lipinski definition) is 4. The number of halogens is 1. The van der Waals surface area contributed by atoms with Gasteiger partial charge in [-0.25, -0.2) is 4.39 Å². The van der Waals surface area contributed by atoms with Crippen LogP contribution in [0.3, 0.4) is 0 Å². The van der Waals surface area contributed by atoms with Gasteiger partial charge < -0.3 is 9.88 Å². The quantitative estimate of drug-likeness (QED) is 0.636. The van der Waals surface area contributed by atoms with Crippen molar-refractivity contribution in [2.45, 2.75) is 24.7 Å². The summed E-state index contributed by atoms with van der Waals surface area (Å²) in [6.45, 7) is 3.99. The normalized spacial score (nSPS) is 12.8. The summed E-state index contributed by atoms with van der Waals surface area (Å²) >= 11 is 4.38. The molecule has 1 unspecified atom stereocenters. The maximum absolute atomic E-state index is 14.6. The van der Waals surface area contributed by atoms with Crippen molar-refractivity contribution >= 4 is 24.4 Å². The highest BCUT2D eigenvalue weighted by Gasteiger charge is 2.21. The Morgan fingerprint density at radius 1 is 1.48 bits per heavy atom. The number of nitrogens with zero attached hydrogens (tertiary/aromatic N) is 2. The lowest BCUT2D eigenvalue weighted by atomic mass is 9.97. The zero-order valence-corrected chi connectivity index (χ0v) is 15.2. The van der Waals surface area contributed by atoms with Crippen molar-refractivity contribution in [3.05, 3.63) is 63.8 Å². The van der Waals surface area contributed by atoms with Crippen LogP contribution in [0, 0.1) is 0 Å². The van der Waals surface area contributed by atoms with E-state index in [0.717, 1.165) is 11.8 Å². The molecule has 0 saturated carbocycles. The van der Waals surface area contributed by atoms with Crippen molar-refractivity contribution in [2.75, 3.05) is 6.54 Å². The second kappa shape index (κ2) is 8.11. The number of carbonyl (C=O) groups excluding carboxylic acids is 1. The van der Waals surface area contributed by atoms with E-state index in [2.05, 4.69) is 22.9 Å². The van der Waals surface area contributed by atoms with Crippen LogP contribution in [-0.4, -0.2) is 22.0 Å². The summed E-state index contributed by atoms with van der Waals surface area (Å²) in [6.07, 6.45) is 4.06. The Kier molecular flexibility index (Phi) is 6.14. The van der Waals surface area contributed by atoms with E-state index >= 15 is 0 Å². The summed E-state index contributed by atoms with van der Waals surface area (Å²) in [5, 5.41) is 2.46. The number of carbonyl (C=O) groups is 1. The molecule has 0 radical (unpaired) electrons. The Morgan fingerprint density at radius 3 is 2.80 bits per heavy atom. The molecule has 2 aromatic rings. The summed E-state index contributed by atoms with van der Waals surface area (Å²) in [7, 11) is 1.53. The van der Waals surface area contributed by atoms with Gasteiger partial charge in [-0.3, -0.25) is 14.6 Å². The van der Waals surface area contributed by atoms with E-state index in [1.807, 2.05) is 19.1 Å². The highest BCUT2D eigenvalue weighted by molar-refractivity contribution is 7.80. The minimum Gasteiger partial charge on any atom is -0.353 e. The zero-order valence-electron chi connectivity index (χ0n) is 14.3. The first-order valence-corrected chi connectivity index (χ1v) is 8.30. The van der Waals surface area contributed by atoms with Gasteiger partial charge >= 0.3 is 0 Å². The fourth-order valence-corrected chi connectivity index (χ4v) is 2.94. The van der Waals surface area contributed by atoms with E-state index in [4.69, 9.17) is 0 Å². The van der Waals surface area contributed by atoms with Crippen LogP contribution in [-0.2, 0) is 11.8 Å². The zero-order chi connectivity index (χ0) is 18.6. The maximum Gasteiger partial charge on any atom is 0.261 e. The molecule has 0 aromatic carbocycles. The average Bonchev–Trinajstić information content (AvgIpc) is 2.58. The molecule has 0 bridgehead atoms. The Hall–Kier alpha value is -2.41. The van der Waals surface area contributed by atoms with Crippen molar-refractivity contribution in [1.29, 1.82) is 0 Å². The number of hydrogen-bond donors (Lipinski definition) is 2. The maximum atomic E-state index is 14.6. The number of likely N-dealkylation sites (N-methyl/N-ethyl adjacent to an activating group) is 1. The van der Waals surface area contributed by atoms with Gasteiger partial charge in [-0.05, 0) is 24.6 Å². The lowest BCUT2D eigenvalue weighted by Gasteiger charge is -2.17. The van der Waals surface area contributed by atoms with Crippen LogP contribution in [0.15, 0.2) is 46.4 Å². The molecule has 132 valence electrons. The van der Waals surface area contributed by atoms with Crippen molar-refractivity contribution in [3.63, 3.8) is 0 Å². The van der Waals surface area contributed by atoms with E-state index in [0.29, 0.717) is 12.1 Å². The fraction of sp³-hybridized carbons (Fsp3) is 0.278. The molecule has 1 atom stereocenters. The topological polar surface area (TPSA) is 64.0 Å². The fourth-order valence-electron chi connectivity index (χ4n) is 2.49. The first kappa shape index (κ1) is 18.9. The lowest BCUT2D eigenvalue weighted by Crippen LogP contribution is -2.24. The highest BCUT2D eigenvalue weighted by Crippen LogP contribution is 2.31. The average molecular weight is 361 g/mol. The molecule has 0 aliphatic rings. The van der Waals surface area contributed by atoms with Crippen molar-refractivity contribution < 1.29 is 9.18 Å². The van der Waals surface area contributed by atoms with Gasteiger partial charge in [0.05, 0.1) is 5.56 Å². The van der Waals surface area contributed by atoms with E-state index in [1.54, 1.807) is 25.4 Å². The molecule has 0 saturated heterocycles. The van der Waals surface area contributed by atoms with Gasteiger partial charge in [-0.15, -0.1) is 12.6 Å². The van der Waals surface area contributed by atoms with Crippen molar-refractivity contribution in [2.24, 2.45) is 7.05 Å². The van der Waals surface area contributed by atoms with Crippen LogP contribution in [0.25, 0.3) is 5.83 Å². The molecular weight excluding hydrogens is 341 g/mol. The number of rotatable bonds is 5. The largest absolute Gasteiger partial charge is 0.353 e. The number of amides is 1. The SMILES string of the molecule is CCNC(=O)/C=C(\F)c1c(S)c(C(C)c2ccccn2)cn(C)c1=O. The predicted molar refractivity (Wildman–Crippen MR) is 98.5 cm³/mol. The molecule has 7 heteroatoms. The Bertz CT molecular complexity index is 863. The Labute approximate surface area is 151 Å². The third-order valence-corrected chi connectivity index (χ3v) is 4.30. The number of thiol groups is 1. The third-order valence-electron chi connectivity index (χ3n) is 3.82. The molecule has 0 spiro atoms. The number of aromatic nitrogens is 2. The molecule has 1 amide bonds. The van der Waals surface area contributed by atoms with Gasteiger partial charge in [0, 0.05) is 48.6 Å². The molecule has 0 aliphatic heterocycles. The predicted octanol–water partition coefficient (Wildman–Crippen LogP) is 2.67. The van der Waals surface area contributed by atoms with E-state index in [1.165, 1.54) is 11.6 Å². The molecule has 25 heavy (non-hydrogen) atoms. The van der Waals surface area contributed by atoms with E-state index < -0.39 is 17.3 Å². The van der Waals surface area contributed by atoms with Gasteiger partial charge in [0.2, 0.25) is 5.91 Å². The Morgan fingerprint density at radius 2 is 2.20 bits per heavy atom. The standard InChI is InChI=1S/C18H20FN3O2S/c1-4-20-15(23)9-13(19)16-17(25)12(10-22(3)18(16)24)11(2)14-7-5-6-8-21-14/h5-11,25H,4H2,1-3H3,(H,20,23)/b13-9-. The molecule has 5 nitrogen and oxygen atoms in total. The second-order valence-electron chi connectivity index (χ2n) is 5.59. The molecule has 0 aliphatic carbocycles. The summed E-state index contributed by atoms with van der Waals surface area (Å²) in [5.74, 6) is -1.71. The summed E-state index contributed by atoms with van der Waals surface area (Å²) in [6, 6.07) is 5.51. The molecule has 2 heterocycles. The first-order chi connectivity index (χ1) is 11.9. The van der Waals surface area contributed by atoms with Gasteiger partial charge in [-0.2, -0.15) is 0 Å². The summed E-state index contributed by atoms with van der Waals surface area (Å²) in [5.41, 5.74) is 0.645. The van der Waals surface area contributed by atoms with Gasteiger partial charge in [0.15, 0.2) is 0 Å². The summed E-state index contributed by atoms with van der Waals surface area (Å²) in [4.78, 5) is 28.5. The molecular formula is C18H20FN3O2S. The van der Waals surface area contributed by atoms with Gasteiger partial charge in [0.1, 0.15) is 5.83 Å². The van der Waals surface area contributed by atoms with Crippen LogP contribution in [0.1, 0.15) is 36.6 Å². The smallest absolute Gasteiger partial charge is 0.261 e. The highest BCUT2D eigenvalue weighted by atomic mass is 32.1. The van der Waals surface area contributed by atoms with Crippen LogP contribution in [0.4, 0.5) is 4.39 Å². The molecule has 1 N–H and O–H groups in total. The van der Waals surface area contributed by atoms with Crippen molar-refractivity contribution in [3.8, 4) is 0 Å². The second-order valence-corrected chi connectivity index (χ2v) is 6.03. The Balaban J connectivity index is 2.57. The van der Waals surface area contributed by atoms with Crippen LogP contribution in [0.2, 0.25) is 0 Å². The number of pyridine rings is 2. The monoisotopic (exact) mass is 361 g/mol. The number of nitrogens with one attached hydrogen (secondary N) is 1. The lowest BCUT2D eigenvalue weighted by molar-refractivity contribution is -0.116. The molecule has 2 rings (SSSR count). The van der Waals surface area contributed by atoms with Crippen LogP contribution >= 0.6 is 12.6 Å². The first-order valence-electron chi connectivity index (χ1n) is 7.85. The van der Waals surface area contributed by atoms with Crippen LogP contribution in [0.5, 0.6) is 0 Å². The van der Waals surface area contributed by atoms with Gasteiger partial charge in [-0.1, -0.05) is 13.0 Å². The third kappa shape index (κ3) is 4.17. The molecule has 2 aromatic heterocycles. The van der Waals surface area contributed by atoms with Crippen LogP contribution < -0.4 is 10.9 Å². The van der Waals surface area contributed by atoms with Gasteiger partial charge in [0.25, 0.3) is 5.56 Å². The minimum absolute atomic E-state index is 0.198. The van der Waals surface area contributed by atoms with E-state index in [9.17, 15) is 14.0 Å². The number of aryl methyl sites for hydroxylation is 1. The molecule has 0 fully saturated rings. The van der Waals surface area contributed by atoms with Crippen molar-refractivity contribution in [1.82, 2.24) is 14.9 Å². The van der Waals surface area contributed by atoms with E-state index in [-0.39, 0.29) is 16.4 Å². The summed E-state index contributed by atoms with van der Waals surface area (Å²) < 4.78 is 15.9.